The zero-order chi connectivity index (χ0) is 29.8. The lowest BCUT2D eigenvalue weighted by molar-refractivity contribution is -0.131. The molecule has 0 spiro atoms. The fourth-order valence-corrected chi connectivity index (χ4v) is 6.89. The Morgan fingerprint density at radius 1 is 1.07 bits per heavy atom. The van der Waals surface area contributed by atoms with E-state index in [4.69, 9.17) is 11.5 Å². The van der Waals surface area contributed by atoms with E-state index < -0.39 is 22.9 Å². The smallest absolute Gasteiger partial charge is 0.343 e. The Hall–Kier alpha value is -4.76. The van der Waals surface area contributed by atoms with Crippen LogP contribution in [0.15, 0.2) is 41.2 Å². The molecule has 3 atom stereocenters. The number of nitriles is 1. The van der Waals surface area contributed by atoms with Gasteiger partial charge in [0.1, 0.15) is 11.9 Å². The maximum atomic E-state index is 13.1. The number of hydrogen-bond donors (Lipinski definition) is 4. The van der Waals surface area contributed by atoms with E-state index in [0.717, 1.165) is 35.1 Å². The van der Waals surface area contributed by atoms with Crippen LogP contribution in [0.25, 0.3) is 0 Å². The molecule has 12 heteroatoms. The summed E-state index contributed by atoms with van der Waals surface area (Å²) < 4.78 is 1.23. The van der Waals surface area contributed by atoms with Gasteiger partial charge >= 0.3 is 5.69 Å². The van der Waals surface area contributed by atoms with Gasteiger partial charge in [0.05, 0.1) is 18.0 Å². The molecule has 0 bridgehead atoms. The largest absolute Gasteiger partial charge is 0.366 e. The summed E-state index contributed by atoms with van der Waals surface area (Å²) in [5.74, 6) is -0.384. The third-order valence-corrected chi connectivity index (χ3v) is 9.03. The summed E-state index contributed by atoms with van der Waals surface area (Å²) in [4.78, 5) is 54.7. The fraction of sp³-hybridized carbons (Fsp3) is 0.400. The quantitative estimate of drug-likeness (QED) is 0.279. The summed E-state index contributed by atoms with van der Waals surface area (Å²) >= 11 is 0. The molecule has 216 valence electrons. The van der Waals surface area contributed by atoms with Crippen molar-refractivity contribution in [2.45, 2.75) is 49.6 Å². The standard InChI is InChI=1S/C30H32N8O4/c1-37-29(42)35-28(36-37)30(8-9-34-15-25(39)38-21(14-31)12-20-13-24(20)38)22-6-4-18(26(32)40)10-16(22)2-3-17-11-19(27(33)41)5-7-23(17)30/h4-7,10-11,20-21,24,34H,2-3,8-9,12-13,15H2,1H3,(H2,32,40)(H2,33,41)(H,35,36,42)/t20-,21?,24+/m1/s1. The number of likely N-dealkylation sites (tertiary alicyclic amines) is 1. The van der Waals surface area contributed by atoms with Crippen molar-refractivity contribution in [2.75, 3.05) is 13.1 Å². The van der Waals surface area contributed by atoms with Crippen LogP contribution in [-0.2, 0) is 30.1 Å². The van der Waals surface area contributed by atoms with Crippen molar-refractivity contribution in [1.29, 1.82) is 5.26 Å². The Morgan fingerprint density at radius 2 is 1.69 bits per heavy atom. The summed E-state index contributed by atoms with van der Waals surface area (Å²) in [5, 5.41) is 17.4. The van der Waals surface area contributed by atoms with E-state index in [0.29, 0.717) is 48.7 Å². The van der Waals surface area contributed by atoms with E-state index in [-0.39, 0.29) is 24.5 Å². The number of aromatic nitrogens is 3. The molecule has 12 nitrogen and oxygen atoms in total. The number of aromatic amines is 1. The summed E-state index contributed by atoms with van der Waals surface area (Å²) in [7, 11) is 1.56. The highest BCUT2D eigenvalue weighted by molar-refractivity contribution is 5.94. The van der Waals surface area contributed by atoms with Crippen molar-refractivity contribution < 1.29 is 14.4 Å². The van der Waals surface area contributed by atoms with E-state index in [1.807, 2.05) is 12.1 Å². The summed E-state index contributed by atoms with van der Waals surface area (Å²) in [6.45, 7) is 0.425. The molecule has 6 rings (SSSR count). The zero-order valence-electron chi connectivity index (χ0n) is 23.2. The van der Waals surface area contributed by atoms with Gasteiger partial charge in [-0.3, -0.25) is 19.4 Å². The Bertz CT molecular complexity index is 1650. The van der Waals surface area contributed by atoms with Gasteiger partial charge in [-0.1, -0.05) is 12.1 Å². The molecule has 3 aliphatic rings. The SMILES string of the molecule is Cn1nc(C2(CCNCC(=O)N3C(C#N)C[C@@H]4C[C@@H]43)c3ccc(C(N)=O)cc3CCc3cc(C(N)=O)ccc32)[nH]c1=O. The highest BCUT2D eigenvalue weighted by Gasteiger charge is 2.54. The number of amides is 3. The molecule has 2 aromatic carbocycles. The molecule has 42 heavy (non-hydrogen) atoms. The molecule has 3 aromatic rings. The first-order chi connectivity index (χ1) is 20.1. The number of aryl methyl sites for hydroxylation is 3. The molecular weight excluding hydrogens is 536 g/mol. The van der Waals surface area contributed by atoms with Gasteiger partial charge in [-0.25, -0.2) is 9.48 Å². The fourth-order valence-electron chi connectivity index (χ4n) is 6.89. The van der Waals surface area contributed by atoms with Crippen LogP contribution in [0.4, 0.5) is 0 Å². The molecule has 3 amide bonds. The van der Waals surface area contributed by atoms with Crippen molar-refractivity contribution in [2.24, 2.45) is 24.4 Å². The van der Waals surface area contributed by atoms with Crippen LogP contribution in [0.3, 0.4) is 0 Å². The Labute approximate surface area is 241 Å². The number of nitrogens with one attached hydrogen (secondary N) is 2. The minimum atomic E-state index is -1.01. The molecule has 1 saturated heterocycles. The number of nitrogens with two attached hydrogens (primary N) is 2. The van der Waals surface area contributed by atoms with Gasteiger partial charge in [-0.2, -0.15) is 10.4 Å². The van der Waals surface area contributed by atoms with Crippen LogP contribution in [0.2, 0.25) is 0 Å². The number of H-pyrrole nitrogens is 1. The first-order valence-corrected chi connectivity index (χ1v) is 14.1. The number of primary amides is 2. The van der Waals surface area contributed by atoms with Gasteiger partial charge in [0.25, 0.3) is 0 Å². The average Bonchev–Trinajstić information content (AvgIpc) is 3.55. The number of benzene rings is 2. The maximum Gasteiger partial charge on any atom is 0.343 e. The number of nitrogens with zero attached hydrogens (tertiary/aromatic N) is 4. The molecule has 2 aliphatic carbocycles. The molecular formula is C30H32N8O4. The van der Waals surface area contributed by atoms with Crippen LogP contribution >= 0.6 is 0 Å². The Balaban J connectivity index is 1.42. The van der Waals surface area contributed by atoms with Gasteiger partial charge in [-0.05, 0) is 91.1 Å². The average molecular weight is 569 g/mol. The third kappa shape index (κ3) is 4.46. The van der Waals surface area contributed by atoms with Crippen LogP contribution in [0.1, 0.15) is 68.1 Å². The lowest BCUT2D eigenvalue weighted by Crippen LogP contribution is -2.44. The number of carbonyl (C=O) groups excluding carboxylic acids is 3. The topological polar surface area (TPSA) is 193 Å². The van der Waals surface area contributed by atoms with Gasteiger partial charge in [0, 0.05) is 24.2 Å². The van der Waals surface area contributed by atoms with Gasteiger partial charge in [0.15, 0.2) is 0 Å². The molecule has 2 heterocycles. The lowest BCUT2D eigenvalue weighted by atomic mass is 9.69. The summed E-state index contributed by atoms with van der Waals surface area (Å²) in [5.41, 5.74) is 14.0. The molecule has 1 unspecified atom stereocenters. The van der Waals surface area contributed by atoms with Crippen LogP contribution in [0.5, 0.6) is 0 Å². The lowest BCUT2D eigenvalue weighted by Gasteiger charge is -2.35. The second-order valence-electron chi connectivity index (χ2n) is 11.5. The number of rotatable bonds is 8. The van der Waals surface area contributed by atoms with E-state index in [1.54, 1.807) is 36.2 Å². The normalized spacial score (nSPS) is 21.4. The van der Waals surface area contributed by atoms with Gasteiger partial charge in [0.2, 0.25) is 17.7 Å². The molecule has 1 saturated carbocycles. The predicted molar refractivity (Wildman–Crippen MR) is 151 cm³/mol. The monoisotopic (exact) mass is 568 g/mol. The number of fused-ring (bicyclic) bond motifs is 3. The van der Waals surface area contributed by atoms with Crippen molar-refractivity contribution in [1.82, 2.24) is 25.0 Å². The first-order valence-electron chi connectivity index (χ1n) is 14.1. The van der Waals surface area contributed by atoms with E-state index in [9.17, 15) is 24.4 Å². The molecule has 1 aliphatic heterocycles. The predicted octanol–water partition coefficient (Wildman–Crippen LogP) is 0.232. The summed E-state index contributed by atoms with van der Waals surface area (Å²) in [6, 6.07) is 12.6. The Morgan fingerprint density at radius 3 is 2.21 bits per heavy atom. The molecule has 2 fully saturated rings. The molecule has 6 N–H and O–H groups in total. The number of piperidine rings is 1. The minimum Gasteiger partial charge on any atom is -0.366 e. The highest BCUT2D eigenvalue weighted by atomic mass is 16.2. The van der Waals surface area contributed by atoms with Gasteiger partial charge < -0.3 is 21.7 Å². The second-order valence-corrected chi connectivity index (χ2v) is 11.5. The summed E-state index contributed by atoms with van der Waals surface area (Å²) in [6.07, 6.45) is 3.16. The third-order valence-electron chi connectivity index (χ3n) is 9.03. The van der Waals surface area contributed by atoms with Crippen molar-refractivity contribution in [3.8, 4) is 6.07 Å². The second kappa shape index (κ2) is 10.3. The van der Waals surface area contributed by atoms with E-state index in [1.165, 1.54) is 4.68 Å². The molecule has 0 radical (unpaired) electrons. The minimum absolute atomic E-state index is 0.0666. The molecule has 1 aromatic heterocycles. The first kappa shape index (κ1) is 27.4. The van der Waals surface area contributed by atoms with E-state index >= 15 is 0 Å². The maximum absolute atomic E-state index is 13.1. The zero-order valence-corrected chi connectivity index (χ0v) is 23.2. The van der Waals surface area contributed by atoms with Crippen molar-refractivity contribution >= 4 is 17.7 Å². The highest BCUT2D eigenvalue weighted by Crippen LogP contribution is 2.48. The van der Waals surface area contributed by atoms with Crippen LogP contribution in [0, 0.1) is 17.2 Å². The van der Waals surface area contributed by atoms with Crippen LogP contribution in [-0.4, -0.2) is 62.6 Å². The Kier molecular flexibility index (Phi) is 6.69. The number of carbonyl (C=O) groups is 3. The van der Waals surface area contributed by atoms with E-state index in [2.05, 4.69) is 21.5 Å². The van der Waals surface area contributed by atoms with Crippen molar-refractivity contribution in [3.05, 3.63) is 86.1 Å². The van der Waals surface area contributed by atoms with Gasteiger partial charge in [-0.15, -0.1) is 0 Å². The van der Waals surface area contributed by atoms with Crippen LogP contribution < -0.4 is 22.5 Å². The van der Waals surface area contributed by atoms with Crippen molar-refractivity contribution in [3.63, 3.8) is 0 Å². The number of hydrogen-bond acceptors (Lipinski definition) is 7.